The van der Waals surface area contributed by atoms with Gasteiger partial charge in [-0.15, -0.1) is 0 Å². The van der Waals surface area contributed by atoms with Crippen molar-refractivity contribution in [1.82, 2.24) is 0 Å². The second-order valence-corrected chi connectivity index (χ2v) is 5.48. The molecule has 0 bridgehead atoms. The van der Waals surface area contributed by atoms with E-state index in [-0.39, 0.29) is 5.56 Å². The Morgan fingerprint density at radius 1 is 0.900 bits per heavy atom. The third-order valence-corrected chi connectivity index (χ3v) is 3.49. The third-order valence-electron chi connectivity index (χ3n) is 2.64. The van der Waals surface area contributed by atoms with Gasteiger partial charge >= 0.3 is 0 Å². The normalized spacial score (nSPS) is 12.2. The second kappa shape index (κ2) is 5.81. The summed E-state index contributed by atoms with van der Waals surface area (Å²) in [5.74, 6) is -0.739. The van der Waals surface area contributed by atoms with Crippen LogP contribution in [0.25, 0.3) is 6.08 Å². The van der Waals surface area contributed by atoms with E-state index in [0.717, 1.165) is 6.08 Å². The molecule has 2 aromatic carbocycles. The lowest BCUT2D eigenvalue weighted by Gasteiger charge is -2.04. The summed E-state index contributed by atoms with van der Waals surface area (Å²) in [6.45, 7) is 0. The fourth-order valence-electron chi connectivity index (χ4n) is 1.69. The summed E-state index contributed by atoms with van der Waals surface area (Å²) in [6, 6.07) is 16.4. The third kappa shape index (κ3) is 3.40. The van der Waals surface area contributed by atoms with Crippen molar-refractivity contribution >= 4 is 22.0 Å². The van der Waals surface area contributed by atoms with Gasteiger partial charge in [-0.2, -0.15) is 8.42 Å². The predicted octanol–water partition coefficient (Wildman–Crippen LogP) is 2.80. The average molecular weight is 288 g/mol. The highest BCUT2D eigenvalue weighted by molar-refractivity contribution is 7.91. The van der Waals surface area contributed by atoms with Gasteiger partial charge < -0.3 is 0 Å². The van der Waals surface area contributed by atoms with Crippen LogP contribution in [0.1, 0.15) is 15.9 Å². The van der Waals surface area contributed by atoms with Crippen molar-refractivity contribution in [1.29, 1.82) is 0 Å². The highest BCUT2D eigenvalue weighted by atomic mass is 32.2. The lowest BCUT2D eigenvalue weighted by molar-refractivity contribution is 0.104. The number of rotatable bonds is 4. The van der Waals surface area contributed by atoms with Crippen molar-refractivity contribution < 1.29 is 17.8 Å². The lowest BCUT2D eigenvalue weighted by Crippen LogP contribution is -2.13. The minimum absolute atomic E-state index is 0.201. The first-order valence-electron chi connectivity index (χ1n) is 5.82. The number of allylic oxidation sites excluding steroid dienone is 1. The topological polar surface area (TPSA) is 71.4 Å². The summed E-state index contributed by atoms with van der Waals surface area (Å²) < 4.78 is 32.1. The van der Waals surface area contributed by atoms with Crippen molar-refractivity contribution in [3.05, 3.63) is 76.7 Å². The average Bonchev–Trinajstić information content (AvgIpc) is 2.45. The van der Waals surface area contributed by atoms with Crippen LogP contribution < -0.4 is 0 Å². The number of Topliss-reactive ketones (excluding diaryl/α,β-unsaturated/α-hetero) is 1. The Balaban J connectivity index is 2.51. The SMILES string of the molecule is O=C(C(=Cc1ccccc1)S(=O)(=O)O)c1ccccc1. The zero-order valence-electron chi connectivity index (χ0n) is 10.4. The van der Waals surface area contributed by atoms with Crippen LogP contribution in [0.3, 0.4) is 0 Å². The van der Waals surface area contributed by atoms with Crippen LogP contribution in [0.5, 0.6) is 0 Å². The fourth-order valence-corrected chi connectivity index (χ4v) is 2.33. The zero-order chi connectivity index (χ0) is 14.6. The lowest BCUT2D eigenvalue weighted by atomic mass is 10.1. The minimum Gasteiger partial charge on any atom is -0.288 e. The van der Waals surface area contributed by atoms with E-state index in [0.29, 0.717) is 5.56 Å². The summed E-state index contributed by atoms with van der Waals surface area (Å²) in [7, 11) is -4.60. The molecular weight excluding hydrogens is 276 g/mol. The molecule has 0 amide bonds. The summed E-state index contributed by atoms with van der Waals surface area (Å²) in [5.41, 5.74) is 0.719. The van der Waals surface area contributed by atoms with Gasteiger partial charge in [-0.05, 0) is 11.6 Å². The number of hydrogen-bond donors (Lipinski definition) is 1. The molecule has 1 N–H and O–H groups in total. The molecule has 0 radical (unpaired) electrons. The molecule has 0 spiro atoms. The monoisotopic (exact) mass is 288 g/mol. The summed E-state index contributed by atoms with van der Waals surface area (Å²) in [4.78, 5) is 11.5. The maximum absolute atomic E-state index is 12.2. The summed E-state index contributed by atoms with van der Waals surface area (Å²) in [5, 5.41) is 0. The van der Waals surface area contributed by atoms with E-state index in [2.05, 4.69) is 0 Å². The van der Waals surface area contributed by atoms with Crippen molar-refractivity contribution in [2.75, 3.05) is 0 Å². The molecule has 0 unspecified atom stereocenters. The molecule has 5 heteroatoms. The number of hydrogen-bond acceptors (Lipinski definition) is 3. The summed E-state index contributed by atoms with van der Waals surface area (Å²) in [6.07, 6.45) is 1.16. The van der Waals surface area contributed by atoms with Crippen LogP contribution in [0.2, 0.25) is 0 Å². The zero-order valence-corrected chi connectivity index (χ0v) is 11.2. The van der Waals surface area contributed by atoms with Crippen molar-refractivity contribution in [3.8, 4) is 0 Å². The van der Waals surface area contributed by atoms with Gasteiger partial charge in [0, 0.05) is 5.56 Å². The van der Waals surface area contributed by atoms with Crippen LogP contribution in [0.4, 0.5) is 0 Å². The van der Waals surface area contributed by atoms with Crippen LogP contribution in [-0.2, 0) is 10.1 Å². The van der Waals surface area contributed by atoms with E-state index in [1.54, 1.807) is 48.5 Å². The predicted molar refractivity (Wildman–Crippen MR) is 76.7 cm³/mol. The first-order chi connectivity index (χ1) is 9.48. The molecule has 0 aromatic heterocycles. The Morgan fingerprint density at radius 3 is 1.90 bits per heavy atom. The number of carbonyl (C=O) groups is 1. The molecule has 102 valence electrons. The molecular formula is C15H12O4S. The molecule has 2 rings (SSSR count). The highest BCUT2D eigenvalue weighted by Crippen LogP contribution is 2.17. The minimum atomic E-state index is -4.60. The largest absolute Gasteiger partial charge is 0.298 e. The second-order valence-electron chi connectivity index (χ2n) is 4.09. The number of benzene rings is 2. The first-order valence-corrected chi connectivity index (χ1v) is 7.26. The van der Waals surface area contributed by atoms with E-state index in [9.17, 15) is 17.8 Å². The van der Waals surface area contributed by atoms with Gasteiger partial charge in [0.2, 0.25) is 5.78 Å². The van der Waals surface area contributed by atoms with Crippen molar-refractivity contribution in [3.63, 3.8) is 0 Å². The molecule has 0 aliphatic heterocycles. The highest BCUT2D eigenvalue weighted by Gasteiger charge is 2.23. The van der Waals surface area contributed by atoms with Crippen molar-refractivity contribution in [2.24, 2.45) is 0 Å². The maximum atomic E-state index is 12.2. The Labute approximate surface area is 117 Å². The van der Waals surface area contributed by atoms with Crippen LogP contribution in [0, 0.1) is 0 Å². The van der Waals surface area contributed by atoms with Gasteiger partial charge in [0.15, 0.2) is 0 Å². The molecule has 20 heavy (non-hydrogen) atoms. The van der Waals surface area contributed by atoms with Crippen LogP contribution in [-0.4, -0.2) is 18.8 Å². The van der Waals surface area contributed by atoms with Crippen LogP contribution in [0.15, 0.2) is 65.6 Å². The Morgan fingerprint density at radius 2 is 1.40 bits per heavy atom. The molecule has 0 fully saturated rings. The van der Waals surface area contributed by atoms with E-state index < -0.39 is 20.8 Å². The smallest absolute Gasteiger partial charge is 0.288 e. The summed E-state index contributed by atoms with van der Waals surface area (Å²) >= 11 is 0. The molecule has 4 nitrogen and oxygen atoms in total. The van der Waals surface area contributed by atoms with Gasteiger partial charge in [0.05, 0.1) is 0 Å². The van der Waals surface area contributed by atoms with Gasteiger partial charge in [0.25, 0.3) is 10.1 Å². The van der Waals surface area contributed by atoms with E-state index in [4.69, 9.17) is 0 Å². The Kier molecular flexibility index (Phi) is 4.12. The molecule has 0 saturated carbocycles. The first kappa shape index (κ1) is 14.2. The van der Waals surface area contributed by atoms with Gasteiger partial charge in [-0.25, -0.2) is 0 Å². The Hall–Kier alpha value is -2.24. The van der Waals surface area contributed by atoms with E-state index in [1.807, 2.05) is 0 Å². The maximum Gasteiger partial charge on any atom is 0.298 e. The molecule has 0 saturated heterocycles. The molecule has 0 aliphatic carbocycles. The molecule has 2 aromatic rings. The Bertz CT molecular complexity index is 732. The number of ketones is 1. The standard InChI is InChI=1S/C15H12O4S/c16-15(13-9-5-2-6-10-13)14(20(17,18)19)11-12-7-3-1-4-8-12/h1-11H,(H,17,18,19). The van der Waals surface area contributed by atoms with E-state index in [1.165, 1.54) is 12.1 Å². The molecule has 0 atom stereocenters. The molecule has 0 heterocycles. The van der Waals surface area contributed by atoms with Gasteiger partial charge in [-0.3, -0.25) is 9.35 Å². The van der Waals surface area contributed by atoms with Crippen molar-refractivity contribution in [2.45, 2.75) is 0 Å². The number of carbonyl (C=O) groups excluding carboxylic acids is 1. The van der Waals surface area contributed by atoms with E-state index >= 15 is 0 Å². The fraction of sp³-hybridized carbons (Fsp3) is 0. The van der Waals surface area contributed by atoms with Gasteiger partial charge in [0.1, 0.15) is 4.91 Å². The van der Waals surface area contributed by atoms with Crippen LogP contribution >= 0.6 is 0 Å². The molecule has 0 aliphatic rings. The van der Waals surface area contributed by atoms with Gasteiger partial charge in [-0.1, -0.05) is 60.7 Å². The quantitative estimate of drug-likeness (QED) is 0.533.